The van der Waals surface area contributed by atoms with E-state index in [-0.39, 0.29) is 47.7 Å². The van der Waals surface area contributed by atoms with Crippen molar-refractivity contribution in [3.8, 4) is 0 Å². The molecule has 2 bridgehead atoms. The summed E-state index contributed by atoms with van der Waals surface area (Å²) in [7, 11) is 1.29. The fourth-order valence-corrected chi connectivity index (χ4v) is 8.14. The number of methoxy groups -OCH3 is 1. The summed E-state index contributed by atoms with van der Waals surface area (Å²) in [4.78, 5) is 69.5. The molecule has 5 aliphatic rings. The lowest BCUT2D eigenvalue weighted by atomic mass is 9.38. The monoisotopic (exact) mass is 638 g/mol. The number of carbonyl (C=O) groups is 5. The van der Waals surface area contributed by atoms with E-state index in [1.807, 2.05) is 49.9 Å². The number of piperidine rings is 1. The highest BCUT2D eigenvalue weighted by Gasteiger charge is 2.69. The van der Waals surface area contributed by atoms with Crippen LogP contribution in [-0.4, -0.2) is 82.0 Å². The Labute approximate surface area is 272 Å². The van der Waals surface area contributed by atoms with Gasteiger partial charge in [-0.15, -0.1) is 0 Å². The van der Waals surface area contributed by atoms with Gasteiger partial charge in [0.1, 0.15) is 17.7 Å². The van der Waals surface area contributed by atoms with Crippen LogP contribution in [0, 0.1) is 5.41 Å². The molecule has 2 atom stereocenters. The number of fused-ring (bicyclic) bond motifs is 1. The highest BCUT2D eigenvalue weighted by Crippen LogP contribution is 2.69. The minimum atomic E-state index is -0.894. The number of benzene rings is 1. The van der Waals surface area contributed by atoms with Crippen molar-refractivity contribution < 1.29 is 33.4 Å². The third-order valence-electron chi connectivity index (χ3n) is 10.2. The van der Waals surface area contributed by atoms with E-state index in [1.165, 1.54) is 7.11 Å². The third kappa shape index (κ3) is 7.18. The van der Waals surface area contributed by atoms with Crippen molar-refractivity contribution in [1.82, 2.24) is 20.4 Å². The zero-order valence-corrected chi connectivity index (χ0v) is 28.2. The second-order valence-electron chi connectivity index (χ2n) is 15.6. The maximum absolute atomic E-state index is 13.9. The molecular formula is C35H50N4O7. The summed E-state index contributed by atoms with van der Waals surface area (Å²) in [5.41, 5.74) is 0.564. The second-order valence-corrected chi connectivity index (χ2v) is 15.6. The van der Waals surface area contributed by atoms with Crippen molar-refractivity contribution in [2.75, 3.05) is 13.7 Å². The standard InChI is InChI=1S/C35H50N4O7/c1-32(2,3)46-31(44)37-35-20-34(21-35,22-35)18-25(30(43)45-6)36-29(42)26-17-23-11-7-8-12-24(23)19-38(26)27(40)13-14-28(41)39-16-10-9-15-33(39,4)5/h7-8,11-12,25-26H,9-10,13-22H2,1-6H3,(H,36,42)(H,37,44). The Balaban J connectivity index is 1.24. The van der Waals surface area contributed by atoms with E-state index in [9.17, 15) is 24.0 Å². The number of rotatable bonds is 9. The number of nitrogens with one attached hydrogen (secondary N) is 2. The number of ether oxygens (including phenoxy) is 2. The Morgan fingerprint density at radius 3 is 2.26 bits per heavy atom. The third-order valence-corrected chi connectivity index (χ3v) is 10.2. The maximum Gasteiger partial charge on any atom is 0.408 e. The Bertz CT molecular complexity index is 1360. The molecule has 3 saturated carbocycles. The first kappa shape index (κ1) is 33.7. The van der Waals surface area contributed by atoms with Gasteiger partial charge in [-0.2, -0.15) is 0 Å². The van der Waals surface area contributed by atoms with Gasteiger partial charge < -0.3 is 29.9 Å². The Morgan fingerprint density at radius 1 is 0.978 bits per heavy atom. The van der Waals surface area contributed by atoms with E-state index < -0.39 is 35.7 Å². The van der Waals surface area contributed by atoms with Crippen molar-refractivity contribution >= 4 is 29.8 Å². The molecule has 11 heteroatoms. The number of amides is 4. The molecular weight excluding hydrogens is 588 g/mol. The van der Waals surface area contributed by atoms with Gasteiger partial charge in [-0.1, -0.05) is 24.3 Å². The molecule has 2 N–H and O–H groups in total. The fourth-order valence-electron chi connectivity index (χ4n) is 8.14. The van der Waals surface area contributed by atoms with Gasteiger partial charge >= 0.3 is 12.1 Å². The van der Waals surface area contributed by atoms with Crippen LogP contribution in [0.15, 0.2) is 24.3 Å². The number of hydrogen-bond acceptors (Lipinski definition) is 7. The molecule has 11 nitrogen and oxygen atoms in total. The van der Waals surface area contributed by atoms with Crippen molar-refractivity contribution in [2.45, 2.75) is 134 Å². The predicted octanol–water partition coefficient (Wildman–Crippen LogP) is 4.01. The average molecular weight is 639 g/mol. The first-order chi connectivity index (χ1) is 21.5. The van der Waals surface area contributed by atoms with Crippen LogP contribution in [0.1, 0.15) is 104 Å². The van der Waals surface area contributed by atoms with Crippen molar-refractivity contribution in [2.24, 2.45) is 5.41 Å². The van der Waals surface area contributed by atoms with Gasteiger partial charge in [0.2, 0.25) is 17.7 Å². The van der Waals surface area contributed by atoms with E-state index >= 15 is 0 Å². The molecule has 4 fully saturated rings. The van der Waals surface area contributed by atoms with Gasteiger partial charge in [0.05, 0.1) is 7.11 Å². The van der Waals surface area contributed by atoms with E-state index in [2.05, 4.69) is 24.5 Å². The number of alkyl carbamates (subject to hydrolysis) is 1. The smallest absolute Gasteiger partial charge is 0.408 e. The van der Waals surface area contributed by atoms with Crippen LogP contribution in [-0.2, 0) is 41.6 Å². The first-order valence-electron chi connectivity index (χ1n) is 16.6. The van der Waals surface area contributed by atoms with E-state index in [4.69, 9.17) is 9.47 Å². The molecule has 0 spiro atoms. The minimum absolute atomic E-state index is 0.00757. The van der Waals surface area contributed by atoms with Crippen LogP contribution < -0.4 is 10.6 Å². The molecule has 46 heavy (non-hydrogen) atoms. The molecule has 1 aromatic carbocycles. The largest absolute Gasteiger partial charge is 0.467 e. The molecule has 3 aliphatic carbocycles. The minimum Gasteiger partial charge on any atom is -0.467 e. The normalized spacial score (nSPS) is 26.8. The summed E-state index contributed by atoms with van der Waals surface area (Å²) in [5.74, 6) is -1.27. The van der Waals surface area contributed by atoms with Crippen LogP contribution in [0.2, 0.25) is 0 Å². The number of hydrogen-bond donors (Lipinski definition) is 2. The van der Waals surface area contributed by atoms with E-state index in [0.717, 1.165) is 30.4 Å². The number of esters is 1. The van der Waals surface area contributed by atoms with E-state index in [0.29, 0.717) is 38.6 Å². The highest BCUT2D eigenvalue weighted by atomic mass is 16.6. The molecule has 2 heterocycles. The predicted molar refractivity (Wildman–Crippen MR) is 170 cm³/mol. The zero-order chi connectivity index (χ0) is 33.5. The van der Waals surface area contributed by atoms with Gasteiger partial charge in [0.25, 0.3) is 0 Å². The Kier molecular flexibility index (Phi) is 9.18. The molecule has 0 radical (unpaired) electrons. The summed E-state index contributed by atoms with van der Waals surface area (Å²) < 4.78 is 10.5. The summed E-state index contributed by atoms with van der Waals surface area (Å²) in [6.07, 6.45) is 5.35. The molecule has 6 rings (SSSR count). The lowest BCUT2D eigenvalue weighted by Gasteiger charge is -2.71. The van der Waals surface area contributed by atoms with Crippen LogP contribution >= 0.6 is 0 Å². The van der Waals surface area contributed by atoms with Crippen LogP contribution in [0.25, 0.3) is 0 Å². The SMILES string of the molecule is COC(=O)C(CC12CC(NC(=O)OC(C)(C)C)(C1)C2)NC(=O)C1Cc2ccccc2CN1C(=O)CCC(=O)N1CCCCC1(C)C. The second kappa shape index (κ2) is 12.5. The topological polar surface area (TPSA) is 134 Å². The van der Waals surface area contributed by atoms with Crippen molar-refractivity contribution in [1.29, 1.82) is 0 Å². The average Bonchev–Trinajstić information content (AvgIpc) is 2.95. The summed E-state index contributed by atoms with van der Waals surface area (Å²) in [6, 6.07) is 6.00. The van der Waals surface area contributed by atoms with Gasteiger partial charge in [-0.05, 0) is 96.1 Å². The molecule has 2 aliphatic heterocycles. The number of nitrogens with zero attached hydrogens (tertiary/aromatic N) is 2. The summed E-state index contributed by atoms with van der Waals surface area (Å²) in [5, 5.41) is 5.91. The molecule has 4 amide bonds. The van der Waals surface area contributed by atoms with Gasteiger partial charge in [-0.25, -0.2) is 9.59 Å². The highest BCUT2D eigenvalue weighted by molar-refractivity contribution is 5.92. The molecule has 1 aromatic rings. The van der Waals surface area contributed by atoms with Crippen LogP contribution in [0.3, 0.4) is 0 Å². The molecule has 252 valence electrons. The van der Waals surface area contributed by atoms with Gasteiger partial charge in [0, 0.05) is 43.4 Å². The quantitative estimate of drug-likeness (QED) is 0.391. The maximum atomic E-state index is 13.9. The molecule has 0 aromatic heterocycles. The first-order valence-corrected chi connectivity index (χ1v) is 16.6. The van der Waals surface area contributed by atoms with Gasteiger partial charge in [-0.3, -0.25) is 14.4 Å². The summed E-state index contributed by atoms with van der Waals surface area (Å²) in [6.45, 7) is 10.5. The van der Waals surface area contributed by atoms with Crippen LogP contribution in [0.5, 0.6) is 0 Å². The van der Waals surface area contributed by atoms with Crippen molar-refractivity contribution in [3.05, 3.63) is 35.4 Å². The summed E-state index contributed by atoms with van der Waals surface area (Å²) >= 11 is 0. The lowest BCUT2D eigenvalue weighted by Crippen LogP contribution is -2.76. The van der Waals surface area contributed by atoms with Crippen molar-refractivity contribution in [3.63, 3.8) is 0 Å². The Morgan fingerprint density at radius 2 is 1.63 bits per heavy atom. The Hall–Kier alpha value is -3.63. The lowest BCUT2D eigenvalue weighted by molar-refractivity contribution is -0.171. The number of carbonyl (C=O) groups excluding carboxylic acids is 5. The molecule has 1 saturated heterocycles. The molecule has 2 unspecified atom stereocenters. The number of likely N-dealkylation sites (tertiary alicyclic amines) is 1. The van der Waals surface area contributed by atoms with E-state index in [1.54, 1.807) is 4.90 Å². The van der Waals surface area contributed by atoms with Gasteiger partial charge in [0.15, 0.2) is 0 Å². The van der Waals surface area contributed by atoms with Crippen LogP contribution in [0.4, 0.5) is 4.79 Å². The fraction of sp³-hybridized carbons (Fsp3) is 0.686. The zero-order valence-electron chi connectivity index (χ0n) is 28.2.